The third-order valence-corrected chi connectivity index (χ3v) is 5.01. The smallest absolute Gasteiger partial charge is 0.277 e. The predicted octanol–water partition coefficient (Wildman–Crippen LogP) is 5.00. The summed E-state index contributed by atoms with van der Waals surface area (Å²) in [7, 11) is 0. The van der Waals surface area contributed by atoms with Crippen LogP contribution in [0.15, 0.2) is 0 Å². The monoisotopic (exact) mass is 398 g/mol. The lowest BCUT2D eigenvalue weighted by Gasteiger charge is -2.07. The number of anilines is 1. The van der Waals surface area contributed by atoms with Crippen LogP contribution in [-0.4, -0.2) is 21.1 Å². The molecule has 2 aromatic heterocycles. The number of amides is 1. The fourth-order valence-electron chi connectivity index (χ4n) is 1.53. The van der Waals surface area contributed by atoms with E-state index in [1.807, 2.05) is 0 Å². The Hall–Kier alpha value is -0.660. The summed E-state index contributed by atoms with van der Waals surface area (Å²) < 4.78 is 0. The number of rotatable bonds is 4. The van der Waals surface area contributed by atoms with Gasteiger partial charge in [-0.05, 0) is 5.92 Å². The molecule has 0 saturated heterocycles. The molecule has 118 valence electrons. The van der Waals surface area contributed by atoms with Crippen LogP contribution in [0.25, 0.3) is 0 Å². The Balaban J connectivity index is 2.21. The minimum absolute atomic E-state index is 0.0000169. The molecule has 0 aromatic carbocycles. The van der Waals surface area contributed by atoms with Gasteiger partial charge in [-0.25, -0.2) is 4.98 Å². The molecule has 0 bridgehead atoms. The van der Waals surface area contributed by atoms with Crippen molar-refractivity contribution < 1.29 is 4.79 Å². The minimum Gasteiger partial charge on any atom is -0.295 e. The number of carbonyl (C=O) groups is 1. The second-order valence-corrected chi connectivity index (χ2v) is 7.30. The molecule has 0 saturated carbocycles. The second kappa shape index (κ2) is 7.27. The zero-order valence-corrected chi connectivity index (χ0v) is 15.3. The topological polar surface area (TPSA) is 67.8 Å². The molecule has 0 atom stereocenters. The van der Waals surface area contributed by atoms with Crippen LogP contribution in [0.5, 0.6) is 0 Å². The second-order valence-electron chi connectivity index (χ2n) is 4.75. The van der Waals surface area contributed by atoms with Crippen molar-refractivity contribution in [2.45, 2.75) is 20.3 Å². The van der Waals surface area contributed by atoms with Crippen molar-refractivity contribution in [1.82, 2.24) is 15.2 Å². The van der Waals surface area contributed by atoms with Gasteiger partial charge in [-0.3, -0.25) is 10.1 Å². The van der Waals surface area contributed by atoms with Gasteiger partial charge >= 0.3 is 0 Å². The van der Waals surface area contributed by atoms with Crippen molar-refractivity contribution in [2.75, 3.05) is 5.32 Å². The van der Waals surface area contributed by atoms with Crippen LogP contribution < -0.4 is 5.32 Å². The normalized spacial score (nSPS) is 11.0. The molecule has 0 fully saturated rings. The fraction of sp³-hybridized carbons (Fsp3) is 0.333. The largest absolute Gasteiger partial charge is 0.295 e. The third kappa shape index (κ3) is 4.00. The number of halogens is 4. The average Bonchev–Trinajstić information content (AvgIpc) is 2.86. The van der Waals surface area contributed by atoms with Gasteiger partial charge in [-0.2, -0.15) is 0 Å². The van der Waals surface area contributed by atoms with Gasteiger partial charge in [0.15, 0.2) is 5.69 Å². The number of hydrogen-bond acceptors (Lipinski definition) is 5. The van der Waals surface area contributed by atoms with Crippen molar-refractivity contribution >= 4 is 68.8 Å². The van der Waals surface area contributed by atoms with Gasteiger partial charge in [-0.1, -0.05) is 71.6 Å². The highest BCUT2D eigenvalue weighted by Gasteiger charge is 2.21. The summed E-state index contributed by atoms with van der Waals surface area (Å²) in [6.45, 7) is 4.14. The molecule has 1 amide bonds. The summed E-state index contributed by atoms with van der Waals surface area (Å²) in [4.78, 5) is 16.0. The quantitative estimate of drug-likeness (QED) is 0.734. The molecule has 2 aromatic rings. The van der Waals surface area contributed by atoms with Crippen molar-refractivity contribution in [2.24, 2.45) is 5.92 Å². The van der Waals surface area contributed by atoms with E-state index in [-0.39, 0.29) is 25.9 Å². The summed E-state index contributed by atoms with van der Waals surface area (Å²) >= 11 is 24.8. The van der Waals surface area contributed by atoms with E-state index >= 15 is 0 Å². The Labute approximate surface area is 151 Å². The van der Waals surface area contributed by atoms with Gasteiger partial charge < -0.3 is 0 Å². The highest BCUT2D eigenvalue weighted by molar-refractivity contribution is 7.15. The maximum Gasteiger partial charge on any atom is 0.277 e. The SMILES string of the molecule is CC(C)Cc1nnc(NC(=O)c2nc(Cl)c(Cl)c(Cl)c2Cl)s1. The highest BCUT2D eigenvalue weighted by Crippen LogP contribution is 2.36. The summed E-state index contributed by atoms with van der Waals surface area (Å²) in [6.07, 6.45) is 0.783. The zero-order chi connectivity index (χ0) is 16.4. The van der Waals surface area contributed by atoms with Gasteiger partial charge in [0.1, 0.15) is 10.2 Å². The number of nitrogens with one attached hydrogen (secondary N) is 1. The lowest BCUT2D eigenvalue weighted by atomic mass is 10.1. The Morgan fingerprint density at radius 1 is 1.14 bits per heavy atom. The summed E-state index contributed by atoms with van der Waals surface area (Å²) in [6, 6.07) is 0. The Morgan fingerprint density at radius 3 is 2.45 bits per heavy atom. The van der Waals surface area contributed by atoms with Crippen LogP contribution in [0.1, 0.15) is 29.3 Å². The molecule has 0 aliphatic carbocycles. The van der Waals surface area contributed by atoms with E-state index in [2.05, 4.69) is 34.3 Å². The number of hydrogen-bond donors (Lipinski definition) is 1. The molecule has 2 heterocycles. The van der Waals surface area contributed by atoms with Crippen molar-refractivity contribution in [1.29, 1.82) is 0 Å². The molecule has 22 heavy (non-hydrogen) atoms. The molecular weight excluding hydrogens is 390 g/mol. The predicted molar refractivity (Wildman–Crippen MR) is 90.7 cm³/mol. The molecule has 0 unspecified atom stereocenters. The van der Waals surface area contributed by atoms with E-state index < -0.39 is 5.91 Å². The first kappa shape index (κ1) is 17.7. The van der Waals surface area contributed by atoms with Crippen LogP contribution in [-0.2, 0) is 6.42 Å². The summed E-state index contributed by atoms with van der Waals surface area (Å²) in [5.74, 6) is -0.140. The highest BCUT2D eigenvalue weighted by atomic mass is 35.5. The summed E-state index contributed by atoms with van der Waals surface area (Å²) in [5.41, 5.74) is -0.123. The van der Waals surface area contributed by atoms with E-state index in [0.29, 0.717) is 11.0 Å². The van der Waals surface area contributed by atoms with Gasteiger partial charge in [0.25, 0.3) is 5.91 Å². The fourth-order valence-corrected chi connectivity index (χ4v) is 3.29. The molecular formula is C12H10Cl4N4OS. The average molecular weight is 400 g/mol. The van der Waals surface area contributed by atoms with Gasteiger partial charge in [-0.15, -0.1) is 10.2 Å². The first-order chi connectivity index (χ1) is 10.3. The standard InChI is InChI=1S/C12H10Cl4N4OS/c1-4(2)3-5-19-20-12(22-5)18-11(21)9-7(14)6(13)8(15)10(16)17-9/h4H,3H2,1-2H3,(H,18,20,21). The van der Waals surface area contributed by atoms with Crippen LogP contribution in [0.4, 0.5) is 5.13 Å². The van der Waals surface area contributed by atoms with Crippen LogP contribution >= 0.6 is 57.7 Å². The molecule has 0 aliphatic heterocycles. The molecule has 10 heteroatoms. The van der Waals surface area contributed by atoms with Gasteiger partial charge in [0.05, 0.1) is 15.1 Å². The van der Waals surface area contributed by atoms with E-state index in [9.17, 15) is 4.79 Å². The van der Waals surface area contributed by atoms with Crippen molar-refractivity contribution in [3.05, 3.63) is 30.9 Å². The van der Waals surface area contributed by atoms with Crippen molar-refractivity contribution in [3.8, 4) is 0 Å². The molecule has 5 nitrogen and oxygen atoms in total. The van der Waals surface area contributed by atoms with E-state index in [0.717, 1.165) is 11.4 Å². The first-order valence-electron chi connectivity index (χ1n) is 6.13. The molecule has 0 radical (unpaired) electrons. The lowest BCUT2D eigenvalue weighted by Crippen LogP contribution is -2.14. The van der Waals surface area contributed by atoms with Crippen LogP contribution in [0, 0.1) is 5.92 Å². The number of nitrogens with zero attached hydrogens (tertiary/aromatic N) is 3. The van der Waals surface area contributed by atoms with Crippen molar-refractivity contribution in [3.63, 3.8) is 0 Å². The Bertz CT molecular complexity index is 719. The maximum atomic E-state index is 12.2. The van der Waals surface area contributed by atoms with Crippen LogP contribution in [0.2, 0.25) is 20.2 Å². The number of carbonyl (C=O) groups excluding carboxylic acids is 1. The number of pyridine rings is 1. The molecule has 1 N–H and O–H groups in total. The third-order valence-electron chi connectivity index (χ3n) is 2.47. The minimum atomic E-state index is -0.585. The van der Waals surface area contributed by atoms with Gasteiger partial charge in [0, 0.05) is 6.42 Å². The molecule has 2 rings (SSSR count). The Kier molecular flexibility index (Phi) is 5.85. The molecule has 0 aliphatic rings. The van der Waals surface area contributed by atoms with Gasteiger partial charge in [0.2, 0.25) is 5.13 Å². The lowest BCUT2D eigenvalue weighted by molar-refractivity contribution is 0.102. The Morgan fingerprint density at radius 2 is 1.82 bits per heavy atom. The molecule has 0 spiro atoms. The summed E-state index contributed by atoms with van der Waals surface area (Å²) in [5, 5.41) is 11.5. The first-order valence-corrected chi connectivity index (χ1v) is 8.46. The van der Waals surface area contributed by atoms with E-state index in [1.165, 1.54) is 11.3 Å². The van der Waals surface area contributed by atoms with E-state index in [1.54, 1.807) is 0 Å². The zero-order valence-electron chi connectivity index (χ0n) is 11.5. The maximum absolute atomic E-state index is 12.2. The number of aromatic nitrogens is 3. The van der Waals surface area contributed by atoms with E-state index in [4.69, 9.17) is 46.4 Å². The van der Waals surface area contributed by atoms with Crippen LogP contribution in [0.3, 0.4) is 0 Å².